The summed E-state index contributed by atoms with van der Waals surface area (Å²) in [5.41, 5.74) is -0.237. The first kappa shape index (κ1) is 18.3. The van der Waals surface area contributed by atoms with E-state index in [4.69, 9.17) is 16.3 Å². The van der Waals surface area contributed by atoms with Crippen LogP contribution in [0.3, 0.4) is 0 Å². The summed E-state index contributed by atoms with van der Waals surface area (Å²) in [6.07, 6.45) is 1.43. The van der Waals surface area contributed by atoms with Gasteiger partial charge in [-0.2, -0.15) is 4.31 Å². The summed E-state index contributed by atoms with van der Waals surface area (Å²) in [7, 11) is -1.98. The molecule has 5 nitrogen and oxygen atoms in total. The SMILES string of the molecule is COc1cccc([C@]2(O)CC[C@H]3CN(S(=O)(=O)c4ccc(Cl)s4)C[C@@H]32)c1. The Morgan fingerprint density at radius 3 is 2.81 bits per heavy atom. The molecule has 1 aliphatic heterocycles. The number of hydrogen-bond donors (Lipinski definition) is 1. The lowest BCUT2D eigenvalue weighted by atomic mass is 9.82. The number of ether oxygens (including phenoxy) is 1. The van der Waals surface area contributed by atoms with Gasteiger partial charge in [0.2, 0.25) is 0 Å². The summed E-state index contributed by atoms with van der Waals surface area (Å²) >= 11 is 6.97. The number of thiophene rings is 1. The van der Waals surface area contributed by atoms with Crippen molar-refractivity contribution in [3.63, 3.8) is 0 Å². The van der Waals surface area contributed by atoms with E-state index in [1.807, 2.05) is 24.3 Å². The van der Waals surface area contributed by atoms with E-state index < -0.39 is 15.6 Å². The summed E-state index contributed by atoms with van der Waals surface area (Å²) in [4.78, 5) is 0. The molecular weight excluding hydrogens is 394 g/mol. The second kappa shape index (κ2) is 6.49. The minimum absolute atomic E-state index is 0.125. The van der Waals surface area contributed by atoms with E-state index in [2.05, 4.69) is 0 Å². The Labute approximate surface area is 162 Å². The first-order valence-electron chi connectivity index (χ1n) is 8.47. The lowest BCUT2D eigenvalue weighted by Gasteiger charge is -2.31. The van der Waals surface area contributed by atoms with Crippen molar-refractivity contribution in [2.45, 2.75) is 22.7 Å². The van der Waals surface area contributed by atoms with E-state index in [0.29, 0.717) is 29.6 Å². The highest BCUT2D eigenvalue weighted by Crippen LogP contribution is 2.51. The Balaban J connectivity index is 1.62. The van der Waals surface area contributed by atoms with Gasteiger partial charge in [-0.25, -0.2) is 8.42 Å². The molecule has 0 bridgehead atoms. The molecular formula is C18H20ClNO4S2. The van der Waals surface area contributed by atoms with Crippen LogP contribution in [0.4, 0.5) is 0 Å². The molecule has 0 spiro atoms. The highest BCUT2D eigenvalue weighted by Gasteiger charge is 2.54. The van der Waals surface area contributed by atoms with Crippen molar-refractivity contribution in [3.05, 3.63) is 46.3 Å². The predicted octanol–water partition coefficient (Wildman–Crippen LogP) is 3.33. The number of halogens is 1. The van der Waals surface area contributed by atoms with Crippen molar-refractivity contribution < 1.29 is 18.3 Å². The Morgan fingerprint density at radius 2 is 2.12 bits per heavy atom. The molecule has 1 saturated carbocycles. The van der Waals surface area contributed by atoms with Crippen molar-refractivity contribution in [2.24, 2.45) is 11.8 Å². The lowest BCUT2D eigenvalue weighted by Crippen LogP contribution is -2.36. The molecule has 2 aromatic rings. The molecule has 8 heteroatoms. The van der Waals surface area contributed by atoms with Gasteiger partial charge in [0.05, 0.1) is 17.0 Å². The van der Waals surface area contributed by atoms with Gasteiger partial charge in [0.25, 0.3) is 10.0 Å². The molecule has 1 aromatic heterocycles. The van der Waals surface area contributed by atoms with Crippen LogP contribution < -0.4 is 4.74 Å². The quantitative estimate of drug-likeness (QED) is 0.834. The maximum absolute atomic E-state index is 12.9. The standard InChI is InChI=1S/C18H20ClNO4S2/c1-24-14-4-2-3-13(9-14)18(21)8-7-12-10-20(11-15(12)18)26(22,23)17-6-5-16(19)25-17/h2-6,9,12,15,21H,7-8,10-11H2,1H3/t12-,15-,18+/m0/s1. The maximum Gasteiger partial charge on any atom is 0.252 e. The summed E-state index contributed by atoms with van der Waals surface area (Å²) in [6.45, 7) is 0.755. The summed E-state index contributed by atoms with van der Waals surface area (Å²) in [6, 6.07) is 10.6. The van der Waals surface area contributed by atoms with Crippen LogP contribution in [0.2, 0.25) is 4.34 Å². The van der Waals surface area contributed by atoms with E-state index in [9.17, 15) is 13.5 Å². The molecule has 0 amide bonds. The first-order valence-corrected chi connectivity index (χ1v) is 11.1. The monoisotopic (exact) mass is 413 g/mol. The molecule has 0 unspecified atom stereocenters. The number of sulfonamides is 1. The summed E-state index contributed by atoms with van der Waals surface area (Å²) in [5.74, 6) is 0.714. The van der Waals surface area contributed by atoms with Gasteiger partial charge >= 0.3 is 0 Å². The number of aliphatic hydroxyl groups is 1. The molecule has 3 atom stereocenters. The molecule has 1 aromatic carbocycles. The van der Waals surface area contributed by atoms with Crippen molar-refractivity contribution >= 4 is 33.0 Å². The van der Waals surface area contributed by atoms with Crippen LogP contribution in [0.1, 0.15) is 18.4 Å². The smallest absolute Gasteiger partial charge is 0.252 e. The molecule has 1 saturated heterocycles. The molecule has 2 fully saturated rings. The second-order valence-corrected chi connectivity index (χ2v) is 10.8. The van der Waals surface area contributed by atoms with Gasteiger partial charge in [-0.3, -0.25) is 0 Å². The zero-order valence-corrected chi connectivity index (χ0v) is 16.6. The minimum Gasteiger partial charge on any atom is -0.497 e. The largest absolute Gasteiger partial charge is 0.497 e. The fourth-order valence-corrected chi connectivity index (χ4v) is 7.43. The Kier molecular flexibility index (Phi) is 4.56. The normalized spacial score (nSPS) is 29.0. The van der Waals surface area contributed by atoms with Crippen LogP contribution in [0.15, 0.2) is 40.6 Å². The fourth-order valence-electron chi connectivity index (χ4n) is 4.27. The number of nitrogens with zero attached hydrogens (tertiary/aromatic N) is 1. The van der Waals surface area contributed by atoms with Gasteiger partial charge < -0.3 is 9.84 Å². The van der Waals surface area contributed by atoms with E-state index in [0.717, 1.165) is 23.3 Å². The van der Waals surface area contributed by atoms with Gasteiger partial charge in [0.15, 0.2) is 0 Å². The lowest BCUT2D eigenvalue weighted by molar-refractivity contribution is -0.00415. The Morgan fingerprint density at radius 1 is 1.31 bits per heavy atom. The topological polar surface area (TPSA) is 66.8 Å². The molecule has 1 aliphatic carbocycles. The third-order valence-corrected chi connectivity index (χ3v) is 9.16. The minimum atomic E-state index is -3.57. The van der Waals surface area contributed by atoms with Crippen LogP contribution in [0.25, 0.3) is 0 Å². The molecule has 26 heavy (non-hydrogen) atoms. The molecule has 2 aliphatic rings. The van der Waals surface area contributed by atoms with Crippen molar-refractivity contribution in [1.29, 1.82) is 0 Å². The zero-order valence-electron chi connectivity index (χ0n) is 14.3. The second-order valence-electron chi connectivity index (χ2n) is 6.94. The van der Waals surface area contributed by atoms with Crippen LogP contribution in [-0.2, 0) is 15.6 Å². The predicted molar refractivity (Wildman–Crippen MR) is 101 cm³/mol. The number of methoxy groups -OCH3 is 1. The molecule has 0 radical (unpaired) electrons. The third-order valence-electron chi connectivity index (χ3n) is 5.63. The first-order chi connectivity index (χ1) is 12.3. The van der Waals surface area contributed by atoms with Crippen molar-refractivity contribution in [2.75, 3.05) is 20.2 Å². The third kappa shape index (κ3) is 2.86. The maximum atomic E-state index is 12.9. The van der Waals surface area contributed by atoms with Crippen LogP contribution in [0, 0.1) is 11.8 Å². The molecule has 140 valence electrons. The average Bonchev–Trinajstić information content (AvgIpc) is 3.33. The van der Waals surface area contributed by atoms with E-state index in [-0.39, 0.29) is 16.0 Å². The van der Waals surface area contributed by atoms with Gasteiger partial charge in [-0.15, -0.1) is 11.3 Å². The van der Waals surface area contributed by atoms with Gasteiger partial charge in [0, 0.05) is 19.0 Å². The Hall–Kier alpha value is -1.12. The van der Waals surface area contributed by atoms with Crippen LogP contribution in [-0.4, -0.2) is 38.0 Å². The van der Waals surface area contributed by atoms with E-state index in [1.54, 1.807) is 19.2 Å². The van der Waals surface area contributed by atoms with E-state index >= 15 is 0 Å². The number of hydrogen-bond acceptors (Lipinski definition) is 5. The number of rotatable bonds is 4. The molecule has 1 N–H and O–H groups in total. The molecule has 2 heterocycles. The van der Waals surface area contributed by atoms with Crippen LogP contribution >= 0.6 is 22.9 Å². The summed E-state index contributed by atoms with van der Waals surface area (Å²) < 4.78 is 33.3. The highest BCUT2D eigenvalue weighted by atomic mass is 35.5. The fraction of sp³-hybridized carbons (Fsp3) is 0.444. The number of fused-ring (bicyclic) bond motifs is 1. The summed E-state index contributed by atoms with van der Waals surface area (Å²) in [5, 5.41) is 11.4. The van der Waals surface area contributed by atoms with Crippen molar-refractivity contribution in [3.8, 4) is 5.75 Å². The van der Waals surface area contributed by atoms with Crippen molar-refractivity contribution in [1.82, 2.24) is 4.31 Å². The molecule has 4 rings (SSSR count). The van der Waals surface area contributed by atoms with E-state index in [1.165, 1.54) is 4.31 Å². The van der Waals surface area contributed by atoms with Gasteiger partial charge in [-0.05, 0) is 48.6 Å². The average molecular weight is 414 g/mol. The zero-order chi connectivity index (χ0) is 18.5. The highest BCUT2D eigenvalue weighted by molar-refractivity contribution is 7.91. The van der Waals surface area contributed by atoms with Gasteiger partial charge in [0.1, 0.15) is 9.96 Å². The Bertz CT molecular complexity index is 929. The van der Waals surface area contributed by atoms with Gasteiger partial charge in [-0.1, -0.05) is 23.7 Å². The van der Waals surface area contributed by atoms with Crippen LogP contribution in [0.5, 0.6) is 5.75 Å². The number of benzene rings is 1.